The molecule has 1 heterocycles. The summed E-state index contributed by atoms with van der Waals surface area (Å²) in [7, 11) is 3.01. The van der Waals surface area contributed by atoms with Crippen molar-refractivity contribution in [2.75, 3.05) is 20.8 Å². The second-order valence-corrected chi connectivity index (χ2v) is 4.17. The highest BCUT2D eigenvalue weighted by Crippen LogP contribution is 2.36. The number of benzene rings is 1. The van der Waals surface area contributed by atoms with Crippen LogP contribution in [0.3, 0.4) is 0 Å². The third-order valence-electron chi connectivity index (χ3n) is 3.16. The number of cyclic esters (lactones) is 1. The maximum atomic E-state index is 11.4. The Balaban J connectivity index is 2.36. The summed E-state index contributed by atoms with van der Waals surface area (Å²) in [5.41, 5.74) is 0.677. The number of carbonyl (C=O) groups excluding carboxylic acids is 1. The highest BCUT2D eigenvalue weighted by atomic mass is 16.5. The van der Waals surface area contributed by atoms with Gasteiger partial charge in [0.25, 0.3) is 0 Å². The quantitative estimate of drug-likeness (QED) is 0.648. The minimum atomic E-state index is -1.18. The lowest BCUT2D eigenvalue weighted by atomic mass is 9.88. The third-order valence-corrected chi connectivity index (χ3v) is 3.16. The first-order valence-electron chi connectivity index (χ1n) is 5.70. The molecule has 1 aliphatic rings. The van der Waals surface area contributed by atoms with Crippen LogP contribution in [0.5, 0.6) is 11.5 Å². The molecule has 0 aromatic heterocycles. The maximum Gasteiger partial charge on any atom is 0.321 e. The van der Waals surface area contributed by atoms with Crippen LogP contribution < -0.4 is 9.47 Å². The number of carbonyl (C=O) groups is 2. The first-order valence-corrected chi connectivity index (χ1v) is 5.70. The van der Waals surface area contributed by atoms with Crippen molar-refractivity contribution in [2.24, 2.45) is 5.92 Å². The molecule has 2 rings (SSSR count). The van der Waals surface area contributed by atoms with E-state index >= 15 is 0 Å². The zero-order valence-electron chi connectivity index (χ0n) is 10.6. The van der Waals surface area contributed by atoms with E-state index in [1.165, 1.54) is 14.2 Å². The molecule has 6 heteroatoms. The molecule has 0 aliphatic carbocycles. The van der Waals surface area contributed by atoms with Gasteiger partial charge in [-0.1, -0.05) is 6.07 Å². The van der Waals surface area contributed by atoms with Gasteiger partial charge in [0.2, 0.25) is 0 Å². The number of carboxylic acid groups (broad SMARTS) is 1. The van der Waals surface area contributed by atoms with Crippen LogP contribution in [0.2, 0.25) is 0 Å². The van der Waals surface area contributed by atoms with Crippen molar-refractivity contribution in [1.29, 1.82) is 0 Å². The SMILES string of the molecule is COc1ccc([C@H]2COC(=O)[C@H]2C(=O)O)cc1OC. The molecular weight excluding hydrogens is 252 g/mol. The Kier molecular flexibility index (Phi) is 3.59. The van der Waals surface area contributed by atoms with Gasteiger partial charge in [0.1, 0.15) is 0 Å². The average Bonchev–Trinajstić information content (AvgIpc) is 2.79. The number of hydrogen-bond donors (Lipinski definition) is 1. The Morgan fingerprint density at radius 3 is 2.58 bits per heavy atom. The Morgan fingerprint density at radius 1 is 1.32 bits per heavy atom. The number of aliphatic carboxylic acids is 1. The molecular formula is C13H14O6. The molecule has 1 aromatic carbocycles. The van der Waals surface area contributed by atoms with Crippen molar-refractivity contribution in [2.45, 2.75) is 5.92 Å². The van der Waals surface area contributed by atoms with Gasteiger partial charge in [-0.15, -0.1) is 0 Å². The van der Waals surface area contributed by atoms with E-state index in [1.54, 1.807) is 18.2 Å². The van der Waals surface area contributed by atoms with Crippen molar-refractivity contribution < 1.29 is 28.9 Å². The Labute approximate surface area is 109 Å². The monoisotopic (exact) mass is 266 g/mol. The first-order chi connectivity index (χ1) is 9.08. The molecule has 6 nitrogen and oxygen atoms in total. The van der Waals surface area contributed by atoms with Gasteiger partial charge >= 0.3 is 11.9 Å². The number of carboxylic acids is 1. The molecule has 1 fully saturated rings. The molecule has 2 atom stereocenters. The van der Waals surface area contributed by atoms with Gasteiger partial charge in [-0.3, -0.25) is 9.59 Å². The van der Waals surface area contributed by atoms with Crippen molar-refractivity contribution in [3.8, 4) is 11.5 Å². The number of hydrogen-bond acceptors (Lipinski definition) is 5. The van der Waals surface area contributed by atoms with Crippen molar-refractivity contribution in [3.63, 3.8) is 0 Å². The van der Waals surface area contributed by atoms with Gasteiger partial charge in [-0.05, 0) is 17.7 Å². The largest absolute Gasteiger partial charge is 0.493 e. The lowest BCUT2D eigenvalue weighted by Crippen LogP contribution is -2.24. The summed E-state index contributed by atoms with van der Waals surface area (Å²) >= 11 is 0. The smallest absolute Gasteiger partial charge is 0.321 e. The van der Waals surface area contributed by atoms with E-state index in [0.717, 1.165) is 0 Å². The topological polar surface area (TPSA) is 82.1 Å². The second-order valence-electron chi connectivity index (χ2n) is 4.17. The highest BCUT2D eigenvalue weighted by Gasteiger charge is 2.43. The molecule has 0 amide bonds. The summed E-state index contributed by atoms with van der Waals surface area (Å²) in [6.45, 7) is 0.0608. The van der Waals surface area contributed by atoms with Gasteiger partial charge in [-0.2, -0.15) is 0 Å². The third kappa shape index (κ3) is 2.33. The van der Waals surface area contributed by atoms with Gasteiger partial charge in [0.05, 0.1) is 20.8 Å². The van der Waals surface area contributed by atoms with Crippen LogP contribution in [0.4, 0.5) is 0 Å². The van der Waals surface area contributed by atoms with Crippen LogP contribution in [0.25, 0.3) is 0 Å². The summed E-state index contributed by atoms with van der Waals surface area (Å²) in [5.74, 6) is -2.52. The fourth-order valence-electron chi connectivity index (χ4n) is 2.17. The molecule has 0 bridgehead atoms. The van der Waals surface area contributed by atoms with E-state index < -0.39 is 23.8 Å². The zero-order valence-corrected chi connectivity index (χ0v) is 10.6. The lowest BCUT2D eigenvalue weighted by Gasteiger charge is -2.14. The minimum absolute atomic E-state index is 0.0608. The molecule has 1 saturated heterocycles. The van der Waals surface area contributed by atoms with Gasteiger partial charge in [-0.25, -0.2) is 0 Å². The molecule has 102 valence electrons. The summed E-state index contributed by atoms with van der Waals surface area (Å²) in [6, 6.07) is 5.06. The van der Waals surface area contributed by atoms with Gasteiger partial charge in [0.15, 0.2) is 17.4 Å². The van der Waals surface area contributed by atoms with Crippen LogP contribution in [-0.2, 0) is 14.3 Å². The molecule has 1 aliphatic heterocycles. The number of rotatable bonds is 4. The highest BCUT2D eigenvalue weighted by molar-refractivity contribution is 5.96. The van der Waals surface area contributed by atoms with Crippen molar-refractivity contribution >= 4 is 11.9 Å². The number of ether oxygens (including phenoxy) is 3. The molecule has 19 heavy (non-hydrogen) atoms. The Morgan fingerprint density at radius 2 is 2.00 bits per heavy atom. The Hall–Kier alpha value is -2.24. The predicted molar refractivity (Wildman–Crippen MR) is 64.4 cm³/mol. The standard InChI is InChI=1S/C13H14O6/c1-17-9-4-3-7(5-10(9)18-2)8-6-19-13(16)11(8)12(14)15/h3-5,8,11H,6H2,1-2H3,(H,14,15)/t8-,11-/m1/s1. The van der Waals surface area contributed by atoms with E-state index in [9.17, 15) is 9.59 Å². The predicted octanol–water partition coefficient (Wildman–Crippen LogP) is 1.04. The fourth-order valence-corrected chi connectivity index (χ4v) is 2.17. The van der Waals surface area contributed by atoms with Crippen molar-refractivity contribution in [1.82, 2.24) is 0 Å². The number of methoxy groups -OCH3 is 2. The van der Waals surface area contributed by atoms with E-state index in [-0.39, 0.29) is 6.61 Å². The minimum Gasteiger partial charge on any atom is -0.493 e. The van der Waals surface area contributed by atoms with E-state index in [2.05, 4.69) is 0 Å². The van der Waals surface area contributed by atoms with Crippen molar-refractivity contribution in [3.05, 3.63) is 23.8 Å². The molecule has 1 aromatic rings. The average molecular weight is 266 g/mol. The Bertz CT molecular complexity index is 510. The summed E-state index contributed by atoms with van der Waals surface area (Å²) in [4.78, 5) is 22.5. The van der Waals surface area contributed by atoms with E-state index in [4.69, 9.17) is 19.3 Å². The van der Waals surface area contributed by atoms with Gasteiger partial charge < -0.3 is 19.3 Å². The molecule has 0 unspecified atom stereocenters. The fraction of sp³-hybridized carbons (Fsp3) is 0.385. The lowest BCUT2D eigenvalue weighted by molar-refractivity contribution is -0.152. The maximum absolute atomic E-state index is 11.4. The summed E-state index contributed by atoms with van der Waals surface area (Å²) in [5, 5.41) is 9.09. The van der Waals surface area contributed by atoms with E-state index in [1.807, 2.05) is 0 Å². The molecule has 0 spiro atoms. The second kappa shape index (κ2) is 5.17. The number of esters is 1. The molecule has 0 radical (unpaired) electrons. The summed E-state index contributed by atoms with van der Waals surface area (Å²) in [6.07, 6.45) is 0. The summed E-state index contributed by atoms with van der Waals surface area (Å²) < 4.78 is 15.1. The normalized spacial score (nSPS) is 21.9. The first kappa shape index (κ1) is 13.2. The zero-order chi connectivity index (χ0) is 14.0. The van der Waals surface area contributed by atoms with Gasteiger partial charge in [0, 0.05) is 5.92 Å². The molecule has 1 N–H and O–H groups in total. The van der Waals surface area contributed by atoms with Crippen LogP contribution in [-0.4, -0.2) is 37.9 Å². The van der Waals surface area contributed by atoms with Crippen LogP contribution in [0.1, 0.15) is 11.5 Å². The molecule has 0 saturated carbocycles. The van der Waals surface area contributed by atoms with Crippen LogP contribution in [0, 0.1) is 5.92 Å². The van der Waals surface area contributed by atoms with Crippen LogP contribution in [0.15, 0.2) is 18.2 Å². The van der Waals surface area contributed by atoms with E-state index in [0.29, 0.717) is 17.1 Å². The van der Waals surface area contributed by atoms with Crippen LogP contribution >= 0.6 is 0 Å².